The summed E-state index contributed by atoms with van der Waals surface area (Å²) >= 11 is 0. The van der Waals surface area contributed by atoms with Crippen LogP contribution in [0.25, 0.3) is 0 Å². The molecule has 1 aliphatic heterocycles. The Morgan fingerprint density at radius 1 is 1.23 bits per heavy atom. The first kappa shape index (κ1) is 18.7. The number of alkyl carbamates (subject to hydrolysis) is 1. The molecule has 6 heteroatoms. The molecule has 2 N–H and O–H groups in total. The first-order valence-corrected chi connectivity index (χ1v) is 8.19. The van der Waals surface area contributed by atoms with Gasteiger partial charge in [-0.15, -0.1) is 0 Å². The predicted octanol–water partition coefficient (Wildman–Crippen LogP) is 2.22. The maximum atomic E-state index is 12.2. The Balaban J connectivity index is 2.33. The van der Waals surface area contributed by atoms with Crippen LogP contribution in [0.4, 0.5) is 4.79 Å². The van der Waals surface area contributed by atoms with Gasteiger partial charge in [0.25, 0.3) is 0 Å². The number of carbonyl (C=O) groups excluding carboxylic acids is 2. The van der Waals surface area contributed by atoms with Gasteiger partial charge in [-0.25, -0.2) is 4.79 Å². The van der Waals surface area contributed by atoms with Crippen molar-refractivity contribution in [2.45, 2.75) is 65.1 Å². The molecule has 0 unspecified atom stereocenters. The molecule has 1 fully saturated rings. The molecule has 0 aromatic rings. The van der Waals surface area contributed by atoms with Crippen molar-refractivity contribution in [2.75, 3.05) is 19.7 Å². The van der Waals surface area contributed by atoms with Crippen LogP contribution in [-0.4, -0.2) is 43.4 Å². The van der Waals surface area contributed by atoms with Gasteiger partial charge in [0, 0.05) is 19.7 Å². The van der Waals surface area contributed by atoms with Crippen LogP contribution in [0.15, 0.2) is 0 Å². The zero-order valence-electron chi connectivity index (χ0n) is 14.2. The van der Waals surface area contributed by atoms with Gasteiger partial charge in [0.1, 0.15) is 5.60 Å². The number of rotatable bonds is 7. The number of carbonyl (C=O) groups is 2. The minimum Gasteiger partial charge on any atom is -0.444 e. The molecule has 1 aliphatic rings. The molecule has 1 rings (SSSR count). The largest absolute Gasteiger partial charge is 0.444 e. The minimum absolute atomic E-state index is 0.0181. The van der Waals surface area contributed by atoms with Crippen LogP contribution in [0, 0.1) is 5.92 Å². The molecule has 0 bridgehead atoms. The van der Waals surface area contributed by atoms with E-state index in [-0.39, 0.29) is 17.9 Å². The summed E-state index contributed by atoms with van der Waals surface area (Å²) in [4.78, 5) is 23.8. The van der Waals surface area contributed by atoms with Gasteiger partial charge in [0.2, 0.25) is 5.91 Å². The highest BCUT2D eigenvalue weighted by molar-refractivity contribution is 5.79. The van der Waals surface area contributed by atoms with Crippen molar-refractivity contribution in [3.63, 3.8) is 0 Å². The van der Waals surface area contributed by atoms with Gasteiger partial charge in [-0.2, -0.15) is 0 Å². The average molecular weight is 314 g/mol. The molecule has 128 valence electrons. The molecule has 2 amide bonds. The Kier molecular flexibility index (Phi) is 7.65. The molecular formula is C16H30N2O4. The quantitative estimate of drug-likeness (QED) is 0.706. The van der Waals surface area contributed by atoms with E-state index in [4.69, 9.17) is 9.47 Å². The normalized spacial score (nSPS) is 21.5. The zero-order chi connectivity index (χ0) is 16.6. The van der Waals surface area contributed by atoms with Gasteiger partial charge in [-0.3, -0.25) is 4.79 Å². The number of hydrogen-bond donors (Lipinski definition) is 2. The molecule has 22 heavy (non-hydrogen) atoms. The molecule has 6 nitrogen and oxygen atoms in total. The molecule has 2 atom stereocenters. The van der Waals surface area contributed by atoms with Crippen LogP contribution in [0.2, 0.25) is 0 Å². The Hall–Kier alpha value is -1.30. The fourth-order valence-electron chi connectivity index (χ4n) is 2.37. The van der Waals surface area contributed by atoms with Crippen molar-refractivity contribution in [3.05, 3.63) is 0 Å². The lowest BCUT2D eigenvalue weighted by atomic mass is 10.0. The predicted molar refractivity (Wildman–Crippen MR) is 84.6 cm³/mol. The maximum Gasteiger partial charge on any atom is 0.407 e. The topological polar surface area (TPSA) is 76.7 Å². The van der Waals surface area contributed by atoms with Crippen molar-refractivity contribution in [1.29, 1.82) is 0 Å². The highest BCUT2D eigenvalue weighted by Crippen LogP contribution is 2.21. The second-order valence-electron chi connectivity index (χ2n) is 6.69. The van der Waals surface area contributed by atoms with E-state index in [0.29, 0.717) is 26.1 Å². The summed E-state index contributed by atoms with van der Waals surface area (Å²) in [6.45, 7) is 9.11. The highest BCUT2D eigenvalue weighted by Gasteiger charge is 2.34. The number of ether oxygens (including phenoxy) is 2. The fraction of sp³-hybridized carbons (Fsp3) is 0.875. The fourth-order valence-corrected chi connectivity index (χ4v) is 2.37. The monoisotopic (exact) mass is 314 g/mol. The smallest absolute Gasteiger partial charge is 0.407 e. The van der Waals surface area contributed by atoms with E-state index in [0.717, 1.165) is 19.3 Å². The molecule has 0 radical (unpaired) electrons. The van der Waals surface area contributed by atoms with E-state index in [2.05, 4.69) is 17.6 Å². The average Bonchev–Trinajstić information content (AvgIpc) is 2.87. The van der Waals surface area contributed by atoms with Crippen LogP contribution < -0.4 is 10.6 Å². The molecule has 1 heterocycles. The zero-order valence-corrected chi connectivity index (χ0v) is 14.2. The van der Waals surface area contributed by atoms with Crippen LogP contribution in [-0.2, 0) is 14.3 Å². The number of hydrogen-bond acceptors (Lipinski definition) is 4. The summed E-state index contributed by atoms with van der Waals surface area (Å²) in [7, 11) is 0. The van der Waals surface area contributed by atoms with Crippen LogP contribution in [0.1, 0.15) is 53.4 Å². The number of nitrogens with one attached hydrogen (secondary N) is 2. The summed E-state index contributed by atoms with van der Waals surface area (Å²) in [5, 5.41) is 5.63. The van der Waals surface area contributed by atoms with Crippen LogP contribution in [0.5, 0.6) is 0 Å². The van der Waals surface area contributed by atoms with Crippen molar-refractivity contribution >= 4 is 12.0 Å². The lowest BCUT2D eigenvalue weighted by Gasteiger charge is -2.22. The lowest BCUT2D eigenvalue weighted by Crippen LogP contribution is -2.42. The van der Waals surface area contributed by atoms with E-state index in [1.165, 1.54) is 0 Å². The summed E-state index contributed by atoms with van der Waals surface area (Å²) in [6.07, 6.45) is 3.18. The summed E-state index contributed by atoms with van der Waals surface area (Å²) in [5.74, 6) is -0.179. The van der Waals surface area contributed by atoms with Crippen LogP contribution >= 0.6 is 0 Å². The van der Waals surface area contributed by atoms with Gasteiger partial charge in [-0.1, -0.05) is 19.8 Å². The van der Waals surface area contributed by atoms with Crippen molar-refractivity contribution < 1.29 is 19.1 Å². The van der Waals surface area contributed by atoms with Crippen LogP contribution in [0.3, 0.4) is 0 Å². The van der Waals surface area contributed by atoms with Gasteiger partial charge >= 0.3 is 6.09 Å². The summed E-state index contributed by atoms with van der Waals surface area (Å²) in [6, 6.07) is 0. The van der Waals surface area contributed by atoms with Crippen molar-refractivity contribution in [3.8, 4) is 0 Å². The Morgan fingerprint density at radius 2 is 1.95 bits per heavy atom. The van der Waals surface area contributed by atoms with Crippen molar-refractivity contribution in [1.82, 2.24) is 10.6 Å². The Morgan fingerprint density at radius 3 is 2.59 bits per heavy atom. The standard InChI is InChI=1S/C16H30N2O4/c1-5-6-7-9-17-14(19)12-8-10-21-13(12)11-18-15(20)22-16(2,3)4/h12-13H,5-11H2,1-4H3,(H,17,19)(H,18,20)/t12-,13+/m0/s1. The van der Waals surface area contributed by atoms with E-state index < -0.39 is 11.7 Å². The van der Waals surface area contributed by atoms with E-state index in [9.17, 15) is 9.59 Å². The third-order valence-electron chi connectivity index (χ3n) is 3.47. The van der Waals surface area contributed by atoms with Crippen molar-refractivity contribution in [2.24, 2.45) is 5.92 Å². The van der Waals surface area contributed by atoms with Gasteiger partial charge in [0.15, 0.2) is 0 Å². The Labute approximate surface area is 133 Å². The van der Waals surface area contributed by atoms with E-state index in [1.54, 1.807) is 0 Å². The second kappa shape index (κ2) is 8.98. The summed E-state index contributed by atoms with van der Waals surface area (Å²) < 4.78 is 10.7. The third-order valence-corrected chi connectivity index (χ3v) is 3.47. The highest BCUT2D eigenvalue weighted by atomic mass is 16.6. The molecule has 0 spiro atoms. The molecule has 1 saturated heterocycles. The second-order valence-corrected chi connectivity index (χ2v) is 6.69. The molecule has 0 aliphatic carbocycles. The molecule has 0 saturated carbocycles. The maximum absolute atomic E-state index is 12.2. The SMILES string of the molecule is CCCCCNC(=O)[C@H]1CCO[C@@H]1CNC(=O)OC(C)(C)C. The summed E-state index contributed by atoms with van der Waals surface area (Å²) in [5.41, 5.74) is -0.531. The van der Waals surface area contributed by atoms with E-state index >= 15 is 0 Å². The molecular weight excluding hydrogens is 284 g/mol. The van der Waals surface area contributed by atoms with Gasteiger partial charge in [-0.05, 0) is 33.6 Å². The first-order chi connectivity index (χ1) is 10.3. The first-order valence-electron chi connectivity index (χ1n) is 8.19. The molecule has 0 aromatic heterocycles. The number of amides is 2. The van der Waals surface area contributed by atoms with E-state index in [1.807, 2.05) is 20.8 Å². The number of unbranched alkanes of at least 4 members (excludes halogenated alkanes) is 2. The lowest BCUT2D eigenvalue weighted by molar-refractivity contribution is -0.126. The molecule has 0 aromatic carbocycles. The minimum atomic E-state index is -0.531. The van der Waals surface area contributed by atoms with Gasteiger partial charge in [0.05, 0.1) is 12.0 Å². The van der Waals surface area contributed by atoms with Gasteiger partial charge < -0.3 is 20.1 Å². The Bertz CT molecular complexity index is 366. The third kappa shape index (κ3) is 7.11.